The number of esters is 1. The maximum atomic E-state index is 14.1. The maximum absolute atomic E-state index is 14.1. The van der Waals surface area contributed by atoms with Gasteiger partial charge in [-0.3, -0.25) is 23.1 Å². The van der Waals surface area contributed by atoms with E-state index in [1.54, 1.807) is 13.8 Å². The van der Waals surface area contributed by atoms with E-state index < -0.39 is 61.2 Å². The molecule has 0 spiro atoms. The molecule has 0 bridgehead atoms. The van der Waals surface area contributed by atoms with Crippen LogP contribution in [-0.2, 0) is 43.2 Å². The third kappa shape index (κ3) is 6.44. The molecule has 6 N–H and O–H groups in total. The molecule has 0 radical (unpaired) electrons. The van der Waals surface area contributed by atoms with Gasteiger partial charge in [-0.25, -0.2) is 14.9 Å². The molecule has 0 aliphatic carbocycles. The van der Waals surface area contributed by atoms with Crippen LogP contribution in [0.5, 0.6) is 11.8 Å². The molecule has 3 aromatic heterocycles. The number of nitrogens with two attached hydrogens (primary N) is 1. The number of carbonyl (C=O) groups is 1. The molecule has 18 nitrogen and oxygen atoms in total. The molecule has 0 saturated carbocycles. The van der Waals surface area contributed by atoms with Crippen molar-refractivity contribution in [3.63, 3.8) is 0 Å². The zero-order chi connectivity index (χ0) is 32.7. The number of imidazole rings is 2. The van der Waals surface area contributed by atoms with Crippen molar-refractivity contribution in [2.75, 3.05) is 19.5 Å². The Labute approximate surface area is 255 Å². The van der Waals surface area contributed by atoms with E-state index >= 15 is 0 Å². The van der Waals surface area contributed by atoms with Crippen molar-refractivity contribution in [3.05, 3.63) is 22.5 Å². The van der Waals surface area contributed by atoms with Crippen molar-refractivity contribution in [1.29, 1.82) is 0 Å². The molecule has 4 heterocycles. The number of aliphatic hydroxyl groups excluding tert-OH is 1. The highest BCUT2D eigenvalue weighted by molar-refractivity contribution is 8.55. The zero-order valence-corrected chi connectivity index (χ0v) is 26.9. The normalized spacial score (nSPS) is 24.1. The van der Waals surface area contributed by atoms with Crippen LogP contribution in [0.3, 0.4) is 0 Å². The fourth-order valence-electron chi connectivity index (χ4n) is 4.59. The number of nitrogens with zero attached hydrogens (tertiary/aromatic N) is 6. The number of carbonyl (C=O) groups excluding carboxylic acids is 1. The Morgan fingerprint density at radius 1 is 1.30 bits per heavy atom. The number of methoxy groups -OCH3 is 1. The number of aliphatic hydroxyl groups is 2. The zero-order valence-electron chi connectivity index (χ0n) is 25.2. The van der Waals surface area contributed by atoms with Crippen LogP contribution < -0.4 is 21.2 Å². The van der Waals surface area contributed by atoms with Gasteiger partial charge in [-0.1, -0.05) is 0 Å². The van der Waals surface area contributed by atoms with E-state index in [1.165, 1.54) is 50.5 Å². The quantitative estimate of drug-likeness (QED) is 0.128. The first-order valence-electron chi connectivity index (χ1n) is 13.4. The van der Waals surface area contributed by atoms with Gasteiger partial charge in [-0.2, -0.15) is 9.97 Å². The Balaban J connectivity index is 1.58. The van der Waals surface area contributed by atoms with E-state index in [4.69, 9.17) is 24.5 Å². The number of nitrogens with one attached hydrogen (secondary N) is 1. The van der Waals surface area contributed by atoms with Crippen molar-refractivity contribution in [1.82, 2.24) is 33.7 Å². The van der Waals surface area contributed by atoms with Gasteiger partial charge in [0, 0.05) is 19.8 Å². The van der Waals surface area contributed by atoms with Crippen molar-refractivity contribution in [3.8, 4) is 11.8 Å². The summed E-state index contributed by atoms with van der Waals surface area (Å²) in [7, 11) is 4.20. The average molecular weight is 661 g/mol. The Hall–Kier alpha value is -3.19. The first kappa shape index (κ1) is 33.7. The van der Waals surface area contributed by atoms with E-state index in [0.717, 1.165) is 4.57 Å². The van der Waals surface area contributed by atoms with Gasteiger partial charge < -0.3 is 39.8 Å². The Morgan fingerprint density at radius 2 is 1.98 bits per heavy atom. The van der Waals surface area contributed by atoms with E-state index in [1.807, 2.05) is 0 Å². The summed E-state index contributed by atoms with van der Waals surface area (Å²) in [6, 6.07) is -1.09. The second-order valence-electron chi connectivity index (χ2n) is 10.7. The molecule has 0 unspecified atom stereocenters. The topological polar surface area (TPSA) is 240 Å². The molecule has 6 atom stereocenters. The predicted molar refractivity (Wildman–Crippen MR) is 158 cm³/mol. The highest BCUT2D eigenvalue weighted by atomic mass is 32.7. The average Bonchev–Trinajstić information content (AvgIpc) is 3.52. The Morgan fingerprint density at radius 3 is 2.57 bits per heavy atom. The van der Waals surface area contributed by atoms with Gasteiger partial charge in [-0.15, -0.1) is 0 Å². The molecule has 244 valence electrons. The summed E-state index contributed by atoms with van der Waals surface area (Å²) in [6.45, 7) is 1.53. The summed E-state index contributed by atoms with van der Waals surface area (Å²) in [5.74, 6) is -1.20. The van der Waals surface area contributed by atoms with Crippen LogP contribution in [0.15, 0.2) is 11.1 Å². The van der Waals surface area contributed by atoms with Gasteiger partial charge >= 0.3 is 18.4 Å². The lowest BCUT2D eigenvalue weighted by molar-refractivity contribution is -0.149. The number of fused-ring (bicyclic) bond motifs is 1. The van der Waals surface area contributed by atoms with Crippen LogP contribution in [0, 0.1) is 0 Å². The number of aromatic nitrogens is 6. The monoisotopic (exact) mass is 660 g/mol. The lowest BCUT2D eigenvalue weighted by Gasteiger charge is -2.27. The molecule has 0 aromatic carbocycles. The minimum atomic E-state index is -4.06. The summed E-state index contributed by atoms with van der Waals surface area (Å²) < 4.78 is 39.9. The summed E-state index contributed by atoms with van der Waals surface area (Å²) in [6.07, 6.45) is -3.14. The Bertz CT molecular complexity index is 1640. The molecule has 1 aliphatic rings. The molecule has 44 heavy (non-hydrogen) atoms. The molecule has 0 amide bonds. The molecule has 3 aromatic rings. The van der Waals surface area contributed by atoms with Crippen molar-refractivity contribution >= 4 is 41.2 Å². The predicted octanol–water partition coefficient (Wildman–Crippen LogP) is 0.157. The minimum Gasteiger partial charge on any atom is -0.493 e. The van der Waals surface area contributed by atoms with Crippen LogP contribution >= 0.6 is 18.1 Å². The smallest absolute Gasteiger partial charge is 0.330 e. The second-order valence-corrected chi connectivity index (χ2v) is 15.0. The van der Waals surface area contributed by atoms with E-state index in [0.29, 0.717) is 11.4 Å². The van der Waals surface area contributed by atoms with Gasteiger partial charge in [0.15, 0.2) is 17.4 Å². The van der Waals surface area contributed by atoms with E-state index in [-0.39, 0.29) is 40.3 Å². The summed E-state index contributed by atoms with van der Waals surface area (Å²) in [5, 5.41) is 35.4. The lowest BCUT2D eigenvalue weighted by atomic mass is 9.96. The number of rotatable bonds is 12. The highest BCUT2D eigenvalue weighted by Gasteiger charge is 2.54. The first-order valence-corrected chi connectivity index (χ1v) is 16.6. The molecule has 1 aliphatic heterocycles. The van der Waals surface area contributed by atoms with Crippen LogP contribution in [0.2, 0.25) is 0 Å². The number of anilines is 1. The first-order chi connectivity index (χ1) is 20.5. The lowest BCUT2D eigenvalue weighted by Crippen LogP contribution is -2.44. The highest BCUT2D eigenvalue weighted by Crippen LogP contribution is 2.58. The van der Waals surface area contributed by atoms with Crippen LogP contribution in [0.25, 0.3) is 11.2 Å². The summed E-state index contributed by atoms with van der Waals surface area (Å²) in [5.41, 5.74) is 3.96. The standard InChI is InChI=1S/C24H37N8O10PS/c1-11(2)41-20(35)12(3)29-43(38,44-9-13-19(34)31(6)23(36)30(13)5)40-8-14-16(33)24(4,37)21(42-14)32-10-26-15-17(32)27-22(25)28-18(15)39-7/h10-12,14,16,21,33-34,37H,8-9H2,1-7H3,(H,29,38)(H2,25,27,28)/t12-,14-,16-,21-,24-,43+/m1/s1. The van der Waals surface area contributed by atoms with Crippen molar-refractivity contribution in [2.45, 2.75) is 69.6 Å². The molecule has 20 heteroatoms. The minimum absolute atomic E-state index is 0.0976. The second kappa shape index (κ2) is 12.7. The van der Waals surface area contributed by atoms with Crippen molar-refractivity contribution in [2.24, 2.45) is 14.1 Å². The van der Waals surface area contributed by atoms with Crippen LogP contribution in [-0.4, -0.2) is 93.6 Å². The van der Waals surface area contributed by atoms with Crippen LogP contribution in [0.1, 0.15) is 39.6 Å². The largest absolute Gasteiger partial charge is 0.493 e. The molecule has 4 rings (SSSR count). The molecule has 1 fully saturated rings. The van der Waals surface area contributed by atoms with Gasteiger partial charge in [-0.05, 0) is 39.1 Å². The summed E-state index contributed by atoms with van der Waals surface area (Å²) >= 11 is 0.704. The van der Waals surface area contributed by atoms with Gasteiger partial charge in [0.05, 0.1) is 31.8 Å². The number of hydrogen-bond acceptors (Lipinski definition) is 15. The van der Waals surface area contributed by atoms with E-state index in [9.17, 15) is 29.5 Å². The molecular weight excluding hydrogens is 623 g/mol. The summed E-state index contributed by atoms with van der Waals surface area (Å²) in [4.78, 5) is 37.1. The number of nitrogen functional groups attached to an aromatic ring is 1. The third-order valence-corrected chi connectivity index (χ3v) is 11.0. The number of hydrogen-bond donors (Lipinski definition) is 5. The van der Waals surface area contributed by atoms with Gasteiger partial charge in [0.2, 0.25) is 17.7 Å². The Kier molecular flexibility index (Phi) is 9.70. The third-order valence-electron chi connectivity index (χ3n) is 7.00. The van der Waals surface area contributed by atoms with E-state index in [2.05, 4.69) is 20.0 Å². The molecular formula is C24H37N8O10PS. The maximum Gasteiger partial charge on any atom is 0.330 e. The number of aromatic hydroxyl groups is 1. The number of ether oxygens (including phenoxy) is 3. The fourth-order valence-corrected chi connectivity index (χ4v) is 8.33. The molecule has 1 saturated heterocycles. The fraction of sp³-hybridized carbons (Fsp3) is 0.625. The van der Waals surface area contributed by atoms with Gasteiger partial charge in [0.25, 0.3) is 0 Å². The SMILES string of the molecule is COc1nc(N)nc2c1ncn2[C@@H]1O[C@H](CO[P@@](=O)(N[C@H](C)C(=O)OC(C)C)SCc2c(O)n(C)c(=O)n2C)[C@@H](O)[C@@]1(C)O. The van der Waals surface area contributed by atoms with Crippen molar-refractivity contribution < 1.29 is 43.4 Å². The van der Waals surface area contributed by atoms with Gasteiger partial charge in [0.1, 0.15) is 23.9 Å². The van der Waals surface area contributed by atoms with Crippen LogP contribution in [0.4, 0.5) is 5.95 Å².